The molecule has 170 valence electrons. The van der Waals surface area contributed by atoms with Gasteiger partial charge in [-0.05, 0) is 42.7 Å². The van der Waals surface area contributed by atoms with Crippen LogP contribution < -0.4 is 5.32 Å². The highest BCUT2D eigenvalue weighted by Crippen LogP contribution is 2.24. The first-order valence-electron chi connectivity index (χ1n) is 10.7. The molecule has 0 bridgehead atoms. The molecule has 8 heteroatoms. The highest BCUT2D eigenvalue weighted by atomic mass is 32.2. The number of amides is 2. The SMILES string of the molecule is O=C(CN1C(=O)CC1S(=O)Cc1ccccc1)NCCCCCC(=O)c1ccc(F)cc1. The molecule has 6 nitrogen and oxygen atoms in total. The van der Waals surface area contributed by atoms with E-state index in [-0.39, 0.29) is 36.4 Å². The number of ketones is 1. The Morgan fingerprint density at radius 3 is 2.44 bits per heavy atom. The highest BCUT2D eigenvalue weighted by molar-refractivity contribution is 7.85. The van der Waals surface area contributed by atoms with Crippen molar-refractivity contribution in [2.24, 2.45) is 0 Å². The minimum atomic E-state index is -1.26. The molecular weight excluding hydrogens is 431 g/mol. The predicted molar refractivity (Wildman–Crippen MR) is 121 cm³/mol. The number of β-lactam (4-membered cyclic amide) rings is 1. The molecule has 2 atom stereocenters. The van der Waals surface area contributed by atoms with Crippen LogP contribution in [0.15, 0.2) is 54.6 Å². The molecule has 1 fully saturated rings. The van der Waals surface area contributed by atoms with Gasteiger partial charge in [0.25, 0.3) is 0 Å². The van der Waals surface area contributed by atoms with Crippen LogP contribution in [0.5, 0.6) is 0 Å². The van der Waals surface area contributed by atoms with E-state index >= 15 is 0 Å². The van der Waals surface area contributed by atoms with E-state index in [0.717, 1.165) is 12.0 Å². The van der Waals surface area contributed by atoms with Crippen LogP contribution in [0.1, 0.15) is 48.0 Å². The van der Waals surface area contributed by atoms with Crippen LogP contribution in [0, 0.1) is 5.82 Å². The van der Waals surface area contributed by atoms with Crippen molar-refractivity contribution in [2.75, 3.05) is 13.1 Å². The third-order valence-corrected chi connectivity index (χ3v) is 7.00. The number of carbonyl (C=O) groups is 3. The topological polar surface area (TPSA) is 83.6 Å². The molecule has 32 heavy (non-hydrogen) atoms. The van der Waals surface area contributed by atoms with Gasteiger partial charge in [0, 0.05) is 29.3 Å². The largest absolute Gasteiger partial charge is 0.355 e. The summed E-state index contributed by atoms with van der Waals surface area (Å²) >= 11 is 0. The third kappa shape index (κ3) is 6.82. The van der Waals surface area contributed by atoms with Gasteiger partial charge in [0.1, 0.15) is 17.7 Å². The van der Waals surface area contributed by atoms with E-state index in [1.807, 2.05) is 30.3 Å². The summed E-state index contributed by atoms with van der Waals surface area (Å²) in [5.74, 6) is -0.480. The van der Waals surface area contributed by atoms with Crippen molar-refractivity contribution in [3.05, 3.63) is 71.5 Å². The predicted octanol–water partition coefficient (Wildman–Crippen LogP) is 3.19. The van der Waals surface area contributed by atoms with E-state index in [1.165, 1.54) is 29.2 Å². The van der Waals surface area contributed by atoms with E-state index in [9.17, 15) is 23.0 Å². The van der Waals surface area contributed by atoms with Crippen LogP contribution in [-0.2, 0) is 26.1 Å². The number of benzene rings is 2. The van der Waals surface area contributed by atoms with E-state index < -0.39 is 16.2 Å². The standard InChI is InChI=1S/C24H27FN2O4S/c25-20-12-10-19(11-13-20)21(28)9-5-2-6-14-26-22(29)16-27-23(30)15-24(27)32(31)17-18-7-3-1-4-8-18/h1,3-4,7-8,10-13,24H,2,5-6,9,14-17H2,(H,26,29). The van der Waals surface area contributed by atoms with Crippen LogP contribution >= 0.6 is 0 Å². The van der Waals surface area contributed by atoms with E-state index in [2.05, 4.69) is 5.32 Å². The average Bonchev–Trinajstić information content (AvgIpc) is 2.79. The van der Waals surface area contributed by atoms with E-state index in [0.29, 0.717) is 37.1 Å². The molecule has 2 amide bonds. The fourth-order valence-corrected chi connectivity index (χ4v) is 5.01. The Bertz CT molecular complexity index is 966. The Hall–Kier alpha value is -2.87. The number of halogens is 1. The number of likely N-dealkylation sites (tertiary alicyclic amines) is 1. The minimum absolute atomic E-state index is 0.0279. The van der Waals surface area contributed by atoms with Crippen LogP contribution in [0.4, 0.5) is 4.39 Å². The first-order chi connectivity index (χ1) is 15.4. The van der Waals surface area contributed by atoms with Crippen molar-refractivity contribution < 1.29 is 23.0 Å². The van der Waals surface area contributed by atoms with Gasteiger partial charge in [0.05, 0.1) is 12.2 Å². The number of unbranched alkanes of at least 4 members (excludes halogenated alkanes) is 2. The highest BCUT2D eigenvalue weighted by Gasteiger charge is 2.41. The van der Waals surface area contributed by atoms with Crippen LogP contribution in [0.3, 0.4) is 0 Å². The van der Waals surface area contributed by atoms with Crippen molar-refractivity contribution in [3.8, 4) is 0 Å². The lowest BCUT2D eigenvalue weighted by molar-refractivity contribution is -0.145. The summed E-state index contributed by atoms with van der Waals surface area (Å²) in [7, 11) is -1.26. The Morgan fingerprint density at radius 2 is 1.75 bits per heavy atom. The van der Waals surface area contributed by atoms with Gasteiger partial charge in [-0.25, -0.2) is 4.39 Å². The second-order valence-electron chi connectivity index (χ2n) is 7.78. The molecule has 3 rings (SSSR count). The summed E-state index contributed by atoms with van der Waals surface area (Å²) in [6, 6.07) is 14.9. The third-order valence-electron chi connectivity index (χ3n) is 5.36. The number of hydrogen-bond donors (Lipinski definition) is 1. The fraction of sp³-hybridized carbons (Fsp3) is 0.375. The van der Waals surface area contributed by atoms with Crippen LogP contribution in [0.25, 0.3) is 0 Å². The van der Waals surface area contributed by atoms with Gasteiger partial charge in [-0.3, -0.25) is 18.6 Å². The Balaban J connectivity index is 1.31. The molecule has 0 aliphatic carbocycles. The van der Waals surface area contributed by atoms with Gasteiger partial charge in [-0.2, -0.15) is 0 Å². The molecule has 1 saturated heterocycles. The molecule has 0 aromatic heterocycles. The molecular formula is C24H27FN2O4S. The number of nitrogens with zero attached hydrogens (tertiary/aromatic N) is 1. The Kier molecular flexibility index (Phi) is 8.67. The lowest BCUT2D eigenvalue weighted by Crippen LogP contribution is -2.57. The first kappa shape index (κ1) is 23.8. The lowest BCUT2D eigenvalue weighted by Gasteiger charge is -2.39. The molecule has 2 aromatic rings. The summed E-state index contributed by atoms with van der Waals surface area (Å²) in [4.78, 5) is 37.5. The van der Waals surface area contributed by atoms with Gasteiger partial charge in [-0.15, -0.1) is 0 Å². The summed E-state index contributed by atoms with van der Waals surface area (Å²) in [6.45, 7) is 0.358. The van der Waals surface area contributed by atoms with Gasteiger partial charge in [-0.1, -0.05) is 36.8 Å². The summed E-state index contributed by atoms with van der Waals surface area (Å²) in [5, 5.41) is 2.35. The number of rotatable bonds is 12. The maximum Gasteiger partial charge on any atom is 0.239 e. The zero-order chi connectivity index (χ0) is 22.9. The number of Topliss-reactive ketones (excluding diaryl/α,β-unsaturated/α-hetero) is 1. The van der Waals surface area contributed by atoms with Gasteiger partial charge < -0.3 is 10.2 Å². The molecule has 2 unspecified atom stereocenters. The molecule has 2 aromatic carbocycles. The second kappa shape index (κ2) is 11.7. The second-order valence-corrected chi connectivity index (χ2v) is 9.38. The van der Waals surface area contributed by atoms with Crippen molar-refractivity contribution in [1.82, 2.24) is 10.2 Å². The van der Waals surface area contributed by atoms with Crippen molar-refractivity contribution >= 4 is 28.4 Å². The monoisotopic (exact) mass is 458 g/mol. The van der Waals surface area contributed by atoms with Crippen molar-refractivity contribution in [1.29, 1.82) is 0 Å². The number of nitrogens with one attached hydrogen (secondary N) is 1. The molecule has 0 saturated carbocycles. The zero-order valence-corrected chi connectivity index (χ0v) is 18.6. The Labute approximate surface area is 189 Å². The van der Waals surface area contributed by atoms with Crippen LogP contribution in [-0.4, -0.2) is 45.2 Å². The summed E-state index contributed by atoms with van der Waals surface area (Å²) < 4.78 is 25.5. The maximum atomic E-state index is 12.9. The van der Waals surface area contributed by atoms with E-state index in [1.54, 1.807) is 0 Å². The van der Waals surface area contributed by atoms with Gasteiger partial charge in [0.15, 0.2) is 5.78 Å². The van der Waals surface area contributed by atoms with E-state index in [4.69, 9.17) is 0 Å². The molecule has 1 aliphatic rings. The lowest BCUT2D eigenvalue weighted by atomic mass is 10.0. The first-order valence-corrected chi connectivity index (χ1v) is 12.1. The smallest absolute Gasteiger partial charge is 0.239 e. The zero-order valence-electron chi connectivity index (χ0n) is 17.8. The number of hydrogen-bond acceptors (Lipinski definition) is 4. The van der Waals surface area contributed by atoms with Crippen LogP contribution in [0.2, 0.25) is 0 Å². The van der Waals surface area contributed by atoms with Gasteiger partial charge >= 0.3 is 0 Å². The molecule has 1 aliphatic heterocycles. The Morgan fingerprint density at radius 1 is 1.03 bits per heavy atom. The minimum Gasteiger partial charge on any atom is -0.355 e. The average molecular weight is 459 g/mol. The molecule has 1 N–H and O–H groups in total. The molecule has 0 spiro atoms. The van der Waals surface area contributed by atoms with Gasteiger partial charge in [0.2, 0.25) is 11.8 Å². The quantitative estimate of drug-likeness (QED) is 0.301. The normalized spacial score (nSPS) is 16.3. The molecule has 1 heterocycles. The molecule has 0 radical (unpaired) electrons. The summed E-state index contributed by atoms with van der Waals surface area (Å²) in [6.07, 6.45) is 2.72. The summed E-state index contributed by atoms with van der Waals surface area (Å²) in [5.41, 5.74) is 1.44. The van der Waals surface area contributed by atoms with Crippen molar-refractivity contribution in [2.45, 2.75) is 43.2 Å². The fourth-order valence-electron chi connectivity index (χ4n) is 3.49. The van der Waals surface area contributed by atoms with Crippen molar-refractivity contribution in [3.63, 3.8) is 0 Å². The maximum absolute atomic E-state index is 12.9. The number of carbonyl (C=O) groups excluding carboxylic acids is 3.